The molecule has 0 saturated carbocycles. The molecule has 1 heterocycles. The van der Waals surface area contributed by atoms with Gasteiger partial charge in [0.05, 0.1) is 0 Å². The summed E-state index contributed by atoms with van der Waals surface area (Å²) in [6, 6.07) is 0. The van der Waals surface area contributed by atoms with Gasteiger partial charge in [-0.2, -0.15) is 0 Å². The van der Waals surface area contributed by atoms with Crippen molar-refractivity contribution in [3.63, 3.8) is 0 Å². The molecule has 1 rings (SSSR count). The SMILES string of the molecule is C/C(N)=C/C=C(\N)N1CCNCCC1=O. The molecule has 0 bridgehead atoms. The fourth-order valence-electron chi connectivity index (χ4n) is 1.35. The Balaban J connectivity index is 2.71. The molecule has 5 nitrogen and oxygen atoms in total. The maximum Gasteiger partial charge on any atom is 0.229 e. The number of allylic oxidation sites excluding steroid dienone is 3. The molecule has 5 heteroatoms. The minimum atomic E-state index is 0.0526. The Kier molecular flexibility index (Phi) is 4.17. The molecular weight excluding hydrogens is 192 g/mol. The highest BCUT2D eigenvalue weighted by Gasteiger charge is 2.17. The normalized spacial score (nSPS) is 20.3. The van der Waals surface area contributed by atoms with Gasteiger partial charge in [0, 0.05) is 31.8 Å². The van der Waals surface area contributed by atoms with Crippen molar-refractivity contribution in [1.82, 2.24) is 10.2 Å². The molecule has 1 amide bonds. The van der Waals surface area contributed by atoms with E-state index in [9.17, 15) is 4.79 Å². The number of hydrogen-bond acceptors (Lipinski definition) is 4. The highest BCUT2D eigenvalue weighted by Crippen LogP contribution is 2.03. The van der Waals surface area contributed by atoms with Crippen molar-refractivity contribution < 1.29 is 4.79 Å². The van der Waals surface area contributed by atoms with Crippen molar-refractivity contribution in [2.75, 3.05) is 19.6 Å². The predicted octanol–water partition coefficient (Wildman–Crippen LogP) is -0.529. The van der Waals surface area contributed by atoms with E-state index in [-0.39, 0.29) is 5.91 Å². The molecule has 0 aliphatic carbocycles. The largest absolute Gasteiger partial charge is 0.402 e. The Bertz CT molecular complexity index is 292. The Hall–Kier alpha value is -1.49. The van der Waals surface area contributed by atoms with Crippen molar-refractivity contribution >= 4 is 5.91 Å². The third-order valence-corrected chi connectivity index (χ3v) is 2.16. The summed E-state index contributed by atoms with van der Waals surface area (Å²) < 4.78 is 0. The van der Waals surface area contributed by atoms with Crippen molar-refractivity contribution in [1.29, 1.82) is 0 Å². The number of nitrogens with two attached hydrogens (primary N) is 2. The lowest BCUT2D eigenvalue weighted by atomic mass is 10.3. The number of nitrogens with one attached hydrogen (secondary N) is 1. The molecule has 0 aromatic heterocycles. The maximum atomic E-state index is 11.6. The lowest BCUT2D eigenvalue weighted by Gasteiger charge is -2.19. The molecule has 84 valence electrons. The number of hydrogen-bond donors (Lipinski definition) is 3. The molecular formula is C10H18N4O. The predicted molar refractivity (Wildman–Crippen MR) is 59.4 cm³/mol. The van der Waals surface area contributed by atoms with E-state index in [0.717, 1.165) is 6.54 Å². The summed E-state index contributed by atoms with van der Waals surface area (Å²) in [5, 5.41) is 3.14. The Labute approximate surface area is 89.8 Å². The molecule has 1 aliphatic rings. The molecule has 0 aromatic rings. The van der Waals surface area contributed by atoms with Crippen molar-refractivity contribution in [3.8, 4) is 0 Å². The number of carbonyl (C=O) groups excluding carboxylic acids is 1. The Morgan fingerprint density at radius 3 is 2.80 bits per heavy atom. The minimum absolute atomic E-state index is 0.0526. The fourth-order valence-corrected chi connectivity index (χ4v) is 1.35. The van der Waals surface area contributed by atoms with Crippen LogP contribution in [0.25, 0.3) is 0 Å². The van der Waals surface area contributed by atoms with Crippen molar-refractivity contribution in [3.05, 3.63) is 23.7 Å². The third-order valence-electron chi connectivity index (χ3n) is 2.16. The second kappa shape index (κ2) is 5.41. The first-order chi connectivity index (χ1) is 7.11. The van der Waals surface area contributed by atoms with Crippen molar-refractivity contribution in [2.45, 2.75) is 13.3 Å². The van der Waals surface area contributed by atoms with Gasteiger partial charge in [-0.05, 0) is 19.1 Å². The Morgan fingerprint density at radius 1 is 1.40 bits per heavy atom. The Morgan fingerprint density at radius 2 is 2.13 bits per heavy atom. The lowest BCUT2D eigenvalue weighted by Crippen LogP contribution is -2.35. The van der Waals surface area contributed by atoms with Crippen LogP contribution in [0.15, 0.2) is 23.7 Å². The van der Waals surface area contributed by atoms with Gasteiger partial charge in [0.25, 0.3) is 0 Å². The minimum Gasteiger partial charge on any atom is -0.402 e. The van der Waals surface area contributed by atoms with E-state index in [0.29, 0.717) is 31.0 Å². The van der Waals surface area contributed by atoms with Crippen LogP contribution in [-0.4, -0.2) is 30.4 Å². The molecule has 0 spiro atoms. The molecule has 0 atom stereocenters. The van der Waals surface area contributed by atoms with Crippen LogP contribution in [0, 0.1) is 0 Å². The summed E-state index contributed by atoms with van der Waals surface area (Å²) in [6.07, 6.45) is 3.85. The molecule has 0 aromatic carbocycles. The summed E-state index contributed by atoms with van der Waals surface area (Å²) in [4.78, 5) is 13.2. The summed E-state index contributed by atoms with van der Waals surface area (Å²) in [5.74, 6) is 0.505. The van der Waals surface area contributed by atoms with Crippen LogP contribution in [-0.2, 0) is 4.79 Å². The highest BCUT2D eigenvalue weighted by molar-refractivity contribution is 5.78. The van der Waals surface area contributed by atoms with E-state index in [2.05, 4.69) is 5.32 Å². The van der Waals surface area contributed by atoms with Crippen LogP contribution in [0.3, 0.4) is 0 Å². The average Bonchev–Trinajstić information content (AvgIpc) is 2.39. The van der Waals surface area contributed by atoms with E-state index in [1.165, 1.54) is 0 Å². The van der Waals surface area contributed by atoms with E-state index in [1.54, 1.807) is 24.0 Å². The average molecular weight is 210 g/mol. The molecule has 1 fully saturated rings. The maximum absolute atomic E-state index is 11.6. The van der Waals surface area contributed by atoms with Crippen LogP contribution in [0.4, 0.5) is 0 Å². The first-order valence-corrected chi connectivity index (χ1v) is 5.02. The zero-order valence-corrected chi connectivity index (χ0v) is 8.99. The van der Waals surface area contributed by atoms with Gasteiger partial charge in [0.1, 0.15) is 5.82 Å². The van der Waals surface area contributed by atoms with Crippen LogP contribution in [0.5, 0.6) is 0 Å². The van der Waals surface area contributed by atoms with Gasteiger partial charge in [-0.1, -0.05) is 0 Å². The molecule has 0 unspecified atom stereocenters. The van der Waals surface area contributed by atoms with Gasteiger partial charge in [0.2, 0.25) is 5.91 Å². The summed E-state index contributed by atoms with van der Waals surface area (Å²) in [6.45, 7) is 3.87. The van der Waals surface area contributed by atoms with Crippen LogP contribution in [0.2, 0.25) is 0 Å². The van der Waals surface area contributed by atoms with E-state index >= 15 is 0 Å². The van der Waals surface area contributed by atoms with Crippen LogP contribution < -0.4 is 16.8 Å². The second-order valence-electron chi connectivity index (χ2n) is 3.55. The standard InChI is InChI=1S/C10H18N4O/c1-8(11)2-3-9(12)14-7-6-13-5-4-10(14)15/h2-3,13H,4-7,11-12H2,1H3/b8-2-,9-3+. The summed E-state index contributed by atoms with van der Waals surface area (Å²) in [7, 11) is 0. The third kappa shape index (κ3) is 3.63. The number of amides is 1. The van der Waals surface area contributed by atoms with Crippen LogP contribution >= 0.6 is 0 Å². The highest BCUT2D eigenvalue weighted by atomic mass is 16.2. The smallest absolute Gasteiger partial charge is 0.229 e. The zero-order valence-electron chi connectivity index (χ0n) is 8.99. The molecule has 1 aliphatic heterocycles. The molecule has 15 heavy (non-hydrogen) atoms. The van der Waals surface area contributed by atoms with Gasteiger partial charge in [0.15, 0.2) is 0 Å². The topological polar surface area (TPSA) is 84.4 Å². The van der Waals surface area contributed by atoms with Gasteiger partial charge < -0.3 is 16.8 Å². The molecule has 1 saturated heterocycles. The first-order valence-electron chi connectivity index (χ1n) is 5.02. The molecule has 0 radical (unpaired) electrons. The van der Waals surface area contributed by atoms with Gasteiger partial charge in [-0.25, -0.2) is 0 Å². The quantitative estimate of drug-likeness (QED) is 0.535. The van der Waals surface area contributed by atoms with E-state index in [1.807, 2.05) is 0 Å². The van der Waals surface area contributed by atoms with Crippen molar-refractivity contribution in [2.24, 2.45) is 11.5 Å². The monoisotopic (exact) mass is 210 g/mol. The zero-order chi connectivity index (χ0) is 11.3. The summed E-state index contributed by atoms with van der Waals surface area (Å²) >= 11 is 0. The summed E-state index contributed by atoms with van der Waals surface area (Å²) in [5.41, 5.74) is 11.9. The number of carbonyl (C=O) groups is 1. The van der Waals surface area contributed by atoms with E-state index in [4.69, 9.17) is 11.5 Å². The number of rotatable bonds is 2. The van der Waals surface area contributed by atoms with Gasteiger partial charge >= 0.3 is 0 Å². The first kappa shape index (κ1) is 11.6. The van der Waals surface area contributed by atoms with Gasteiger partial charge in [-0.15, -0.1) is 0 Å². The second-order valence-corrected chi connectivity index (χ2v) is 3.55. The van der Waals surface area contributed by atoms with Gasteiger partial charge in [-0.3, -0.25) is 9.69 Å². The van der Waals surface area contributed by atoms with E-state index < -0.39 is 0 Å². The lowest BCUT2D eigenvalue weighted by molar-refractivity contribution is -0.128. The fraction of sp³-hybridized carbons (Fsp3) is 0.500. The molecule has 5 N–H and O–H groups in total. The number of nitrogens with zero attached hydrogens (tertiary/aromatic N) is 1. The van der Waals surface area contributed by atoms with Crippen LogP contribution in [0.1, 0.15) is 13.3 Å².